The van der Waals surface area contributed by atoms with E-state index in [0.29, 0.717) is 19.8 Å². The van der Waals surface area contributed by atoms with Crippen LogP contribution in [0.15, 0.2) is 48.5 Å². The van der Waals surface area contributed by atoms with E-state index < -0.39 is 4.92 Å². The molecule has 1 atom stereocenters. The molecule has 154 valence electrons. The van der Waals surface area contributed by atoms with Crippen LogP contribution in [0.25, 0.3) is 0 Å². The molecule has 0 aliphatic carbocycles. The summed E-state index contributed by atoms with van der Waals surface area (Å²) in [7, 11) is 1.63. The number of hydrogen-bond donors (Lipinski definition) is 1. The van der Waals surface area contributed by atoms with Crippen LogP contribution in [0.4, 0.5) is 5.69 Å². The Morgan fingerprint density at radius 3 is 2.41 bits per heavy atom. The minimum Gasteiger partial charge on any atom is -0.497 e. The molecule has 2 aromatic rings. The number of morpholine rings is 1. The van der Waals surface area contributed by atoms with Crippen molar-refractivity contribution in [3.8, 4) is 5.75 Å². The van der Waals surface area contributed by atoms with E-state index in [9.17, 15) is 14.9 Å². The summed E-state index contributed by atoms with van der Waals surface area (Å²) in [5, 5.41) is 13.7. The molecule has 1 heterocycles. The Hall–Kier alpha value is -2.97. The van der Waals surface area contributed by atoms with Crippen molar-refractivity contribution in [1.82, 2.24) is 10.2 Å². The van der Waals surface area contributed by atoms with Gasteiger partial charge >= 0.3 is 0 Å². The number of nitrogens with zero attached hydrogens (tertiary/aromatic N) is 2. The average Bonchev–Trinajstić information content (AvgIpc) is 2.75. The van der Waals surface area contributed by atoms with Crippen LogP contribution in [0.1, 0.15) is 17.2 Å². The fourth-order valence-electron chi connectivity index (χ4n) is 3.37. The van der Waals surface area contributed by atoms with Crippen molar-refractivity contribution in [2.45, 2.75) is 12.5 Å². The number of hydrogen-bond acceptors (Lipinski definition) is 6. The molecule has 0 saturated carbocycles. The van der Waals surface area contributed by atoms with Gasteiger partial charge < -0.3 is 14.8 Å². The first-order chi connectivity index (χ1) is 14.1. The van der Waals surface area contributed by atoms with Crippen molar-refractivity contribution in [3.63, 3.8) is 0 Å². The summed E-state index contributed by atoms with van der Waals surface area (Å²) in [5.74, 6) is 0.669. The molecule has 8 heteroatoms. The predicted molar refractivity (Wildman–Crippen MR) is 108 cm³/mol. The number of nitrogens with one attached hydrogen (secondary N) is 1. The summed E-state index contributed by atoms with van der Waals surface area (Å²) < 4.78 is 10.7. The molecule has 1 amide bonds. The van der Waals surface area contributed by atoms with Gasteiger partial charge in [0.1, 0.15) is 5.75 Å². The van der Waals surface area contributed by atoms with Gasteiger partial charge in [0.25, 0.3) is 5.69 Å². The highest BCUT2D eigenvalue weighted by molar-refractivity contribution is 5.78. The number of nitro groups is 1. The first kappa shape index (κ1) is 20.8. The van der Waals surface area contributed by atoms with Gasteiger partial charge in [0.05, 0.1) is 37.7 Å². The fraction of sp³-hybridized carbons (Fsp3) is 0.381. The maximum atomic E-state index is 12.4. The standard InChI is InChI=1S/C21H25N3O5/c1-28-19-8-4-17(5-9-19)20(23-10-12-29-13-11-23)15-22-21(25)14-16-2-6-18(7-3-16)24(26)27/h2-9,20H,10-15H2,1H3,(H,22,25)/t20-/m1/s1. The molecule has 8 nitrogen and oxygen atoms in total. The lowest BCUT2D eigenvalue weighted by atomic mass is 10.0. The number of benzene rings is 2. The number of nitro benzene ring substituents is 1. The molecule has 2 aromatic carbocycles. The second-order valence-corrected chi connectivity index (χ2v) is 6.84. The van der Waals surface area contributed by atoms with Gasteiger partial charge in [0, 0.05) is 31.8 Å². The number of rotatable bonds is 8. The molecule has 0 spiro atoms. The van der Waals surface area contributed by atoms with Crippen molar-refractivity contribution in [3.05, 3.63) is 69.8 Å². The van der Waals surface area contributed by atoms with Crippen LogP contribution in [-0.4, -0.2) is 55.7 Å². The van der Waals surface area contributed by atoms with Crippen LogP contribution >= 0.6 is 0 Å². The molecule has 0 aromatic heterocycles. The lowest BCUT2D eigenvalue weighted by Gasteiger charge is -2.35. The summed E-state index contributed by atoms with van der Waals surface area (Å²) in [5.41, 5.74) is 1.85. The summed E-state index contributed by atoms with van der Waals surface area (Å²) in [4.78, 5) is 25.0. The molecule has 29 heavy (non-hydrogen) atoms. The van der Waals surface area contributed by atoms with Crippen LogP contribution in [0.2, 0.25) is 0 Å². The van der Waals surface area contributed by atoms with E-state index in [1.54, 1.807) is 19.2 Å². The monoisotopic (exact) mass is 399 g/mol. The third-order valence-corrected chi connectivity index (χ3v) is 4.99. The molecule has 0 unspecified atom stereocenters. The van der Waals surface area contributed by atoms with Gasteiger partial charge in [-0.15, -0.1) is 0 Å². The number of amides is 1. The Labute approximate surface area is 169 Å². The molecule has 3 rings (SSSR count). The van der Waals surface area contributed by atoms with Crippen LogP contribution in [-0.2, 0) is 16.0 Å². The fourth-order valence-corrected chi connectivity index (χ4v) is 3.37. The first-order valence-corrected chi connectivity index (χ1v) is 9.52. The summed E-state index contributed by atoms with van der Waals surface area (Å²) in [6.07, 6.45) is 0.177. The molecule has 1 saturated heterocycles. The number of non-ortho nitro benzene ring substituents is 1. The molecule has 0 radical (unpaired) electrons. The van der Waals surface area contributed by atoms with Crippen LogP contribution in [0.5, 0.6) is 5.75 Å². The SMILES string of the molecule is COc1ccc([C@@H](CNC(=O)Cc2ccc([N+](=O)[O-])cc2)N2CCOCC2)cc1. The number of carbonyl (C=O) groups is 1. The third-order valence-electron chi connectivity index (χ3n) is 4.99. The normalized spacial score (nSPS) is 15.5. The van der Waals surface area contributed by atoms with Crippen molar-refractivity contribution in [2.75, 3.05) is 40.0 Å². The highest BCUT2D eigenvalue weighted by Crippen LogP contribution is 2.23. The highest BCUT2D eigenvalue weighted by atomic mass is 16.6. The average molecular weight is 399 g/mol. The Morgan fingerprint density at radius 1 is 1.17 bits per heavy atom. The largest absolute Gasteiger partial charge is 0.497 e. The number of ether oxygens (including phenoxy) is 2. The van der Waals surface area contributed by atoms with E-state index in [-0.39, 0.29) is 24.1 Å². The Morgan fingerprint density at radius 2 is 1.83 bits per heavy atom. The van der Waals surface area contributed by atoms with Gasteiger partial charge in [-0.1, -0.05) is 24.3 Å². The van der Waals surface area contributed by atoms with E-state index in [0.717, 1.165) is 30.0 Å². The van der Waals surface area contributed by atoms with E-state index in [1.165, 1.54) is 12.1 Å². The van der Waals surface area contributed by atoms with Crippen LogP contribution in [0.3, 0.4) is 0 Å². The molecule has 1 aliphatic rings. The van der Waals surface area contributed by atoms with Gasteiger partial charge in [-0.25, -0.2) is 0 Å². The van der Waals surface area contributed by atoms with Gasteiger partial charge in [-0.05, 0) is 23.3 Å². The molecule has 1 fully saturated rings. The number of methoxy groups -OCH3 is 1. The van der Waals surface area contributed by atoms with E-state index in [4.69, 9.17) is 9.47 Å². The van der Waals surface area contributed by atoms with E-state index in [2.05, 4.69) is 10.2 Å². The molecule has 1 aliphatic heterocycles. The second kappa shape index (κ2) is 9.99. The quantitative estimate of drug-likeness (QED) is 0.541. The third kappa shape index (κ3) is 5.75. The highest BCUT2D eigenvalue weighted by Gasteiger charge is 2.23. The van der Waals surface area contributed by atoms with Crippen LogP contribution < -0.4 is 10.1 Å². The van der Waals surface area contributed by atoms with Crippen LogP contribution in [0, 0.1) is 10.1 Å². The lowest BCUT2D eigenvalue weighted by Crippen LogP contribution is -2.44. The minimum atomic E-state index is -0.453. The van der Waals surface area contributed by atoms with Crippen molar-refractivity contribution < 1.29 is 19.2 Å². The van der Waals surface area contributed by atoms with Crippen molar-refractivity contribution in [2.24, 2.45) is 0 Å². The van der Waals surface area contributed by atoms with Gasteiger partial charge in [0.15, 0.2) is 0 Å². The first-order valence-electron chi connectivity index (χ1n) is 9.52. The maximum absolute atomic E-state index is 12.4. The maximum Gasteiger partial charge on any atom is 0.269 e. The number of carbonyl (C=O) groups excluding carboxylic acids is 1. The Kier molecular flexibility index (Phi) is 7.15. The summed E-state index contributed by atoms with van der Waals surface area (Å²) in [6, 6.07) is 13.9. The van der Waals surface area contributed by atoms with E-state index >= 15 is 0 Å². The zero-order chi connectivity index (χ0) is 20.6. The molecule has 0 bridgehead atoms. The van der Waals surface area contributed by atoms with Crippen molar-refractivity contribution in [1.29, 1.82) is 0 Å². The Balaban J connectivity index is 1.63. The second-order valence-electron chi connectivity index (χ2n) is 6.84. The smallest absolute Gasteiger partial charge is 0.269 e. The summed E-state index contributed by atoms with van der Waals surface area (Å²) >= 11 is 0. The van der Waals surface area contributed by atoms with Gasteiger partial charge in [0.2, 0.25) is 5.91 Å². The molecule has 1 N–H and O–H groups in total. The zero-order valence-corrected chi connectivity index (χ0v) is 16.4. The van der Waals surface area contributed by atoms with Crippen molar-refractivity contribution >= 4 is 11.6 Å². The topological polar surface area (TPSA) is 93.9 Å². The summed E-state index contributed by atoms with van der Waals surface area (Å²) in [6.45, 7) is 3.41. The van der Waals surface area contributed by atoms with Gasteiger partial charge in [-0.3, -0.25) is 19.8 Å². The Bertz CT molecular complexity index is 817. The minimum absolute atomic E-state index is 0.0149. The molecular weight excluding hydrogens is 374 g/mol. The zero-order valence-electron chi connectivity index (χ0n) is 16.4. The predicted octanol–water partition coefficient (Wildman–Crippen LogP) is 2.34. The lowest BCUT2D eigenvalue weighted by molar-refractivity contribution is -0.384. The van der Waals surface area contributed by atoms with E-state index in [1.807, 2.05) is 24.3 Å². The van der Waals surface area contributed by atoms with Gasteiger partial charge in [-0.2, -0.15) is 0 Å². The molecular formula is C21H25N3O5.